The topological polar surface area (TPSA) is 58.9 Å². The summed E-state index contributed by atoms with van der Waals surface area (Å²) in [5, 5.41) is 13.5. The van der Waals surface area contributed by atoms with Crippen LogP contribution in [0.1, 0.15) is 54.1 Å². The SMILES string of the molecule is CC(C)Cc1ncc(CN2CCC(c3nnc4n3CCNC4)CC2)s1.Cl. The van der Waals surface area contributed by atoms with Crippen LogP contribution in [0.2, 0.25) is 0 Å². The molecule has 8 heteroatoms. The maximum atomic E-state index is 4.59. The van der Waals surface area contributed by atoms with Crippen molar-refractivity contribution in [2.45, 2.75) is 58.7 Å². The van der Waals surface area contributed by atoms with Gasteiger partial charge in [0.25, 0.3) is 0 Å². The van der Waals surface area contributed by atoms with Crippen molar-refractivity contribution in [3.63, 3.8) is 0 Å². The molecule has 1 saturated heterocycles. The molecule has 0 spiro atoms. The molecule has 0 aromatic carbocycles. The van der Waals surface area contributed by atoms with Gasteiger partial charge in [-0.15, -0.1) is 33.9 Å². The van der Waals surface area contributed by atoms with Gasteiger partial charge in [-0.2, -0.15) is 0 Å². The minimum Gasteiger partial charge on any atom is -0.312 e. The Kier molecular flexibility index (Phi) is 6.66. The molecule has 0 amide bonds. The number of hydrogen-bond acceptors (Lipinski definition) is 6. The average molecular weight is 397 g/mol. The van der Waals surface area contributed by atoms with E-state index in [0.29, 0.717) is 11.8 Å². The summed E-state index contributed by atoms with van der Waals surface area (Å²) in [6.45, 7) is 10.7. The average Bonchev–Trinajstić information content (AvgIpc) is 3.22. The fourth-order valence-corrected chi connectivity index (χ4v) is 5.03. The van der Waals surface area contributed by atoms with Gasteiger partial charge in [0.15, 0.2) is 0 Å². The van der Waals surface area contributed by atoms with Crippen LogP contribution in [0.4, 0.5) is 0 Å². The Morgan fingerprint density at radius 2 is 2.04 bits per heavy atom. The predicted octanol–water partition coefficient (Wildman–Crippen LogP) is 2.84. The zero-order valence-corrected chi connectivity index (χ0v) is 17.3. The first-order valence-corrected chi connectivity index (χ1v) is 10.3. The van der Waals surface area contributed by atoms with Crippen molar-refractivity contribution in [2.24, 2.45) is 5.92 Å². The summed E-state index contributed by atoms with van der Waals surface area (Å²) in [7, 11) is 0. The Morgan fingerprint density at radius 1 is 1.23 bits per heavy atom. The largest absolute Gasteiger partial charge is 0.312 e. The van der Waals surface area contributed by atoms with Gasteiger partial charge in [-0.25, -0.2) is 4.98 Å². The standard InChI is InChI=1S/C18H28N6S.ClH/c1-13(2)9-17-20-10-15(25-17)12-23-6-3-14(4-7-23)18-22-21-16-11-19-5-8-24(16)18;/h10,13-14,19H,3-9,11-12H2,1-2H3;1H. The Morgan fingerprint density at radius 3 is 2.81 bits per heavy atom. The smallest absolute Gasteiger partial charge is 0.147 e. The zero-order chi connectivity index (χ0) is 17.2. The molecule has 0 radical (unpaired) electrons. The first kappa shape index (κ1) is 19.7. The van der Waals surface area contributed by atoms with E-state index < -0.39 is 0 Å². The number of fused-ring (bicyclic) bond motifs is 1. The fourth-order valence-electron chi connectivity index (χ4n) is 3.85. The molecule has 6 nitrogen and oxygen atoms in total. The van der Waals surface area contributed by atoms with E-state index in [1.54, 1.807) is 0 Å². The van der Waals surface area contributed by atoms with Crippen LogP contribution in [0.5, 0.6) is 0 Å². The normalized spacial score (nSPS) is 18.7. The van der Waals surface area contributed by atoms with Gasteiger partial charge in [0, 0.05) is 43.0 Å². The lowest BCUT2D eigenvalue weighted by Crippen LogP contribution is -2.34. The van der Waals surface area contributed by atoms with E-state index in [1.807, 2.05) is 11.3 Å². The van der Waals surface area contributed by atoms with Crippen LogP contribution < -0.4 is 5.32 Å². The number of aromatic nitrogens is 4. The van der Waals surface area contributed by atoms with Gasteiger partial charge in [0.1, 0.15) is 11.6 Å². The summed E-state index contributed by atoms with van der Waals surface area (Å²) in [5.74, 6) is 3.56. The van der Waals surface area contributed by atoms with Gasteiger partial charge < -0.3 is 9.88 Å². The van der Waals surface area contributed by atoms with E-state index >= 15 is 0 Å². The monoisotopic (exact) mass is 396 g/mol. The number of halogens is 1. The highest BCUT2D eigenvalue weighted by Gasteiger charge is 2.27. The van der Waals surface area contributed by atoms with Crippen molar-refractivity contribution < 1.29 is 0 Å². The summed E-state index contributed by atoms with van der Waals surface area (Å²) < 4.78 is 2.35. The van der Waals surface area contributed by atoms with Gasteiger partial charge >= 0.3 is 0 Å². The zero-order valence-electron chi connectivity index (χ0n) is 15.6. The molecule has 4 rings (SSSR count). The molecule has 0 atom stereocenters. The Balaban J connectivity index is 0.00000196. The number of piperidine rings is 1. The quantitative estimate of drug-likeness (QED) is 0.842. The van der Waals surface area contributed by atoms with Gasteiger partial charge in [0.05, 0.1) is 11.6 Å². The van der Waals surface area contributed by atoms with Crippen LogP contribution in [-0.2, 0) is 26.1 Å². The fraction of sp³-hybridized carbons (Fsp3) is 0.722. The highest BCUT2D eigenvalue weighted by Crippen LogP contribution is 2.29. The third-order valence-electron chi connectivity index (χ3n) is 5.17. The second-order valence-corrected chi connectivity index (χ2v) is 8.87. The molecule has 0 saturated carbocycles. The van der Waals surface area contributed by atoms with Crippen molar-refractivity contribution in [2.75, 3.05) is 19.6 Å². The molecule has 0 bridgehead atoms. The number of nitrogens with one attached hydrogen (secondary N) is 1. The summed E-state index contributed by atoms with van der Waals surface area (Å²) in [4.78, 5) is 8.56. The summed E-state index contributed by atoms with van der Waals surface area (Å²) in [6.07, 6.45) is 5.54. The van der Waals surface area contributed by atoms with Crippen LogP contribution in [-0.4, -0.2) is 44.3 Å². The minimum absolute atomic E-state index is 0. The van der Waals surface area contributed by atoms with Crippen molar-refractivity contribution in [1.82, 2.24) is 30.0 Å². The van der Waals surface area contributed by atoms with Crippen LogP contribution in [0, 0.1) is 5.92 Å². The lowest BCUT2D eigenvalue weighted by Gasteiger charge is -2.31. The third-order valence-corrected chi connectivity index (χ3v) is 6.17. The molecule has 1 N–H and O–H groups in total. The number of rotatable bonds is 5. The van der Waals surface area contributed by atoms with Gasteiger partial charge in [-0.3, -0.25) is 4.90 Å². The van der Waals surface area contributed by atoms with E-state index in [2.05, 4.69) is 50.0 Å². The van der Waals surface area contributed by atoms with Crippen LogP contribution in [0.15, 0.2) is 6.20 Å². The maximum Gasteiger partial charge on any atom is 0.147 e. The minimum atomic E-state index is 0. The molecule has 144 valence electrons. The Labute approximate surface area is 165 Å². The molecule has 0 aliphatic carbocycles. The number of nitrogens with zero attached hydrogens (tertiary/aromatic N) is 5. The molecule has 2 aromatic rings. The molecular formula is C18H29ClN6S. The lowest BCUT2D eigenvalue weighted by molar-refractivity contribution is 0.201. The van der Waals surface area contributed by atoms with Crippen molar-refractivity contribution in [3.8, 4) is 0 Å². The van der Waals surface area contributed by atoms with Crippen molar-refractivity contribution in [1.29, 1.82) is 0 Å². The summed E-state index contributed by atoms with van der Waals surface area (Å²) >= 11 is 1.89. The first-order chi connectivity index (χ1) is 12.2. The lowest BCUT2D eigenvalue weighted by atomic mass is 9.95. The van der Waals surface area contributed by atoms with E-state index in [4.69, 9.17) is 0 Å². The highest BCUT2D eigenvalue weighted by atomic mass is 35.5. The van der Waals surface area contributed by atoms with Crippen molar-refractivity contribution in [3.05, 3.63) is 27.7 Å². The number of thiazole rings is 1. The molecule has 2 aliphatic rings. The van der Waals surface area contributed by atoms with E-state index in [1.165, 1.54) is 28.6 Å². The van der Waals surface area contributed by atoms with Crippen molar-refractivity contribution >= 4 is 23.7 Å². The molecule has 2 aromatic heterocycles. The van der Waals surface area contributed by atoms with Crippen LogP contribution in [0.3, 0.4) is 0 Å². The second-order valence-electron chi connectivity index (χ2n) is 7.67. The predicted molar refractivity (Wildman–Crippen MR) is 107 cm³/mol. The number of likely N-dealkylation sites (tertiary alicyclic amines) is 1. The number of hydrogen-bond donors (Lipinski definition) is 1. The summed E-state index contributed by atoms with van der Waals surface area (Å²) in [5.41, 5.74) is 0. The second kappa shape index (κ2) is 8.78. The molecule has 1 fully saturated rings. The molecule has 26 heavy (non-hydrogen) atoms. The highest BCUT2D eigenvalue weighted by molar-refractivity contribution is 7.11. The third kappa shape index (κ3) is 4.44. The Bertz CT molecular complexity index is 704. The first-order valence-electron chi connectivity index (χ1n) is 9.47. The van der Waals surface area contributed by atoms with Gasteiger partial charge in [0.2, 0.25) is 0 Å². The van der Waals surface area contributed by atoms with Gasteiger partial charge in [-0.1, -0.05) is 13.8 Å². The molecule has 0 unspecified atom stereocenters. The molecule has 2 aliphatic heterocycles. The van der Waals surface area contributed by atoms with E-state index in [-0.39, 0.29) is 12.4 Å². The van der Waals surface area contributed by atoms with E-state index in [9.17, 15) is 0 Å². The molecular weight excluding hydrogens is 368 g/mol. The van der Waals surface area contributed by atoms with E-state index in [0.717, 1.165) is 51.5 Å². The maximum absolute atomic E-state index is 4.59. The summed E-state index contributed by atoms with van der Waals surface area (Å²) in [6, 6.07) is 0. The van der Waals surface area contributed by atoms with Crippen LogP contribution in [0.25, 0.3) is 0 Å². The van der Waals surface area contributed by atoms with Crippen LogP contribution >= 0.6 is 23.7 Å². The van der Waals surface area contributed by atoms with Gasteiger partial charge in [-0.05, 0) is 31.8 Å². The molecule has 4 heterocycles. The Hall–Kier alpha value is -1.02.